The quantitative estimate of drug-likeness (QED) is 0.401. The molecule has 222 valence electrons. The molecule has 42 heavy (non-hydrogen) atoms. The summed E-state index contributed by atoms with van der Waals surface area (Å²) in [4.78, 5) is 43.8. The highest BCUT2D eigenvalue weighted by molar-refractivity contribution is 6.31. The van der Waals surface area contributed by atoms with Crippen LogP contribution < -0.4 is 10.6 Å². The molecule has 2 saturated heterocycles. The first-order valence-corrected chi connectivity index (χ1v) is 15.6. The van der Waals surface area contributed by atoms with Crippen LogP contribution in [0.3, 0.4) is 0 Å². The van der Waals surface area contributed by atoms with Gasteiger partial charge in [0, 0.05) is 28.3 Å². The fraction of sp³-hybridized carbons (Fsp3) is 0.485. The third kappa shape index (κ3) is 4.93. The van der Waals surface area contributed by atoms with Crippen molar-refractivity contribution in [2.45, 2.75) is 70.2 Å². The van der Waals surface area contributed by atoms with Gasteiger partial charge in [-0.3, -0.25) is 14.4 Å². The molecule has 3 aliphatic heterocycles. The third-order valence-corrected chi connectivity index (χ3v) is 10.8. The number of amides is 3. The van der Waals surface area contributed by atoms with Gasteiger partial charge in [0.05, 0.1) is 17.9 Å². The van der Waals surface area contributed by atoms with Gasteiger partial charge in [-0.15, -0.1) is 0 Å². The second kappa shape index (κ2) is 11.3. The lowest BCUT2D eigenvalue weighted by molar-refractivity contribution is -0.141. The number of aryl methyl sites for hydroxylation is 1. The van der Waals surface area contributed by atoms with Gasteiger partial charge in [-0.2, -0.15) is 0 Å². The van der Waals surface area contributed by atoms with Crippen LogP contribution in [0.25, 0.3) is 0 Å². The molecule has 0 unspecified atom stereocenters. The molecule has 2 N–H and O–H groups in total. The SMILES string of the molecule is Cc1ccc(NC(=O)[C@@H]2[C@@H]3C=C[C@]4(O3)[C@@H]2C(=O)N(CCc2ccccc2Cl)[C@H]4C(=O)N[C@@H]2CCC[C@H](C)[C@@H]2C)cc1Cl. The molecule has 4 aliphatic rings. The Morgan fingerprint density at radius 2 is 1.86 bits per heavy atom. The Balaban J connectivity index is 1.31. The highest BCUT2D eigenvalue weighted by Gasteiger charge is 2.72. The van der Waals surface area contributed by atoms with E-state index in [0.29, 0.717) is 34.0 Å². The number of benzene rings is 2. The average molecular weight is 611 g/mol. The van der Waals surface area contributed by atoms with E-state index in [-0.39, 0.29) is 30.3 Å². The van der Waals surface area contributed by atoms with E-state index >= 15 is 0 Å². The lowest BCUT2D eigenvalue weighted by Gasteiger charge is -2.38. The lowest BCUT2D eigenvalue weighted by Crippen LogP contribution is -2.58. The van der Waals surface area contributed by atoms with Crippen LogP contribution in [-0.2, 0) is 25.5 Å². The van der Waals surface area contributed by atoms with Crippen LogP contribution in [0.4, 0.5) is 5.69 Å². The van der Waals surface area contributed by atoms with E-state index in [1.165, 1.54) is 0 Å². The van der Waals surface area contributed by atoms with Crippen molar-refractivity contribution in [3.05, 3.63) is 75.8 Å². The highest BCUT2D eigenvalue weighted by Crippen LogP contribution is 2.55. The number of nitrogens with zero attached hydrogens (tertiary/aromatic N) is 1. The Morgan fingerprint density at radius 1 is 1.07 bits per heavy atom. The molecular formula is C33H37Cl2N3O4. The van der Waals surface area contributed by atoms with Crippen molar-refractivity contribution >= 4 is 46.6 Å². The molecule has 9 heteroatoms. The van der Waals surface area contributed by atoms with Crippen molar-refractivity contribution in [3.63, 3.8) is 0 Å². The zero-order chi connectivity index (χ0) is 29.8. The number of nitrogens with one attached hydrogen (secondary N) is 2. The number of likely N-dealkylation sites (tertiary alicyclic amines) is 1. The fourth-order valence-electron chi connectivity index (χ4n) is 7.39. The molecule has 3 fully saturated rings. The van der Waals surface area contributed by atoms with Crippen LogP contribution in [0, 0.1) is 30.6 Å². The molecule has 1 aliphatic carbocycles. The minimum atomic E-state index is -1.22. The van der Waals surface area contributed by atoms with E-state index in [1.807, 2.05) is 49.4 Å². The van der Waals surface area contributed by atoms with E-state index in [4.69, 9.17) is 27.9 Å². The lowest BCUT2D eigenvalue weighted by atomic mass is 9.73. The van der Waals surface area contributed by atoms with Gasteiger partial charge in [0.15, 0.2) is 0 Å². The van der Waals surface area contributed by atoms with Gasteiger partial charge in [0.2, 0.25) is 17.7 Å². The Morgan fingerprint density at radius 3 is 2.62 bits per heavy atom. The Kier molecular flexibility index (Phi) is 7.88. The Labute approximate surface area is 257 Å². The summed E-state index contributed by atoms with van der Waals surface area (Å²) < 4.78 is 6.50. The molecule has 8 atom stereocenters. The molecule has 6 rings (SSSR count). The summed E-state index contributed by atoms with van der Waals surface area (Å²) in [5, 5.41) is 7.39. The van der Waals surface area contributed by atoms with Crippen molar-refractivity contribution in [1.82, 2.24) is 10.2 Å². The molecule has 0 radical (unpaired) electrons. The number of halogens is 2. The summed E-state index contributed by atoms with van der Waals surface area (Å²) in [7, 11) is 0. The van der Waals surface area contributed by atoms with Crippen molar-refractivity contribution in [2.24, 2.45) is 23.7 Å². The largest absolute Gasteiger partial charge is 0.359 e. The van der Waals surface area contributed by atoms with Crippen LogP contribution in [0.15, 0.2) is 54.6 Å². The predicted molar refractivity (Wildman–Crippen MR) is 163 cm³/mol. The summed E-state index contributed by atoms with van der Waals surface area (Å²) in [5.41, 5.74) is 1.12. The maximum absolute atomic E-state index is 14.3. The summed E-state index contributed by atoms with van der Waals surface area (Å²) in [5.74, 6) is -1.59. The molecule has 0 aromatic heterocycles. The summed E-state index contributed by atoms with van der Waals surface area (Å²) in [6.07, 6.45) is 6.64. The van der Waals surface area contributed by atoms with E-state index in [9.17, 15) is 14.4 Å². The monoisotopic (exact) mass is 609 g/mol. The molecule has 1 spiro atoms. The van der Waals surface area contributed by atoms with E-state index in [1.54, 1.807) is 17.0 Å². The van der Waals surface area contributed by atoms with Gasteiger partial charge >= 0.3 is 0 Å². The first-order valence-electron chi connectivity index (χ1n) is 14.9. The first kappa shape index (κ1) is 29.2. The predicted octanol–water partition coefficient (Wildman–Crippen LogP) is 5.57. The van der Waals surface area contributed by atoms with Crippen molar-refractivity contribution in [2.75, 3.05) is 11.9 Å². The number of fused-ring (bicyclic) bond motifs is 1. The van der Waals surface area contributed by atoms with Gasteiger partial charge in [-0.25, -0.2) is 0 Å². The highest BCUT2D eigenvalue weighted by atomic mass is 35.5. The third-order valence-electron chi connectivity index (χ3n) is 9.98. The molecule has 3 heterocycles. The number of anilines is 1. The van der Waals surface area contributed by atoms with Crippen LogP contribution in [0.2, 0.25) is 10.0 Å². The normalized spacial score (nSPS) is 33.1. The van der Waals surface area contributed by atoms with E-state index in [2.05, 4.69) is 24.5 Å². The number of hydrogen-bond donors (Lipinski definition) is 2. The first-order chi connectivity index (χ1) is 20.1. The molecule has 1 saturated carbocycles. The van der Waals surface area contributed by atoms with Gasteiger partial charge in [-0.05, 0) is 60.9 Å². The van der Waals surface area contributed by atoms with Gasteiger partial charge < -0.3 is 20.3 Å². The van der Waals surface area contributed by atoms with Gasteiger partial charge in [0.1, 0.15) is 11.6 Å². The Hall–Kier alpha value is -2.87. The van der Waals surface area contributed by atoms with E-state index < -0.39 is 29.6 Å². The molecule has 7 nitrogen and oxygen atoms in total. The number of carbonyl (C=O) groups excluding carboxylic acids is 3. The number of ether oxygens (including phenoxy) is 1. The van der Waals surface area contributed by atoms with Crippen LogP contribution >= 0.6 is 23.2 Å². The van der Waals surface area contributed by atoms with Gasteiger partial charge in [-0.1, -0.05) is 86.3 Å². The molecule has 2 bridgehead atoms. The summed E-state index contributed by atoms with van der Waals surface area (Å²) >= 11 is 12.7. The Bertz CT molecular complexity index is 1450. The smallest absolute Gasteiger partial charge is 0.246 e. The zero-order valence-corrected chi connectivity index (χ0v) is 25.6. The topological polar surface area (TPSA) is 87.7 Å². The van der Waals surface area contributed by atoms with Crippen LogP contribution in [-0.4, -0.2) is 53.0 Å². The number of carbonyl (C=O) groups is 3. The zero-order valence-electron chi connectivity index (χ0n) is 24.1. The van der Waals surface area contributed by atoms with Crippen molar-refractivity contribution in [1.29, 1.82) is 0 Å². The minimum absolute atomic E-state index is 0.0187. The maximum Gasteiger partial charge on any atom is 0.246 e. The molecule has 2 aromatic rings. The standard InChI is InChI=1S/C33H37Cl2N3O4/c1-18-7-6-10-25(20(18)3)37-31(40)29-33-15-13-26(42-33)27(30(39)36-22-12-11-19(2)24(35)17-22)28(33)32(41)38(29)16-14-21-8-4-5-9-23(21)34/h4-5,8-9,11-13,15,17-18,20,25-29H,6-7,10,14,16H2,1-3H3,(H,36,39)(H,37,40)/t18-,20-,25+,26-,27+,28-,29-,33-/m0/s1. The van der Waals surface area contributed by atoms with Crippen molar-refractivity contribution < 1.29 is 19.1 Å². The summed E-state index contributed by atoms with van der Waals surface area (Å²) in [6, 6.07) is 11.9. The minimum Gasteiger partial charge on any atom is -0.359 e. The van der Waals surface area contributed by atoms with Crippen molar-refractivity contribution in [3.8, 4) is 0 Å². The summed E-state index contributed by atoms with van der Waals surface area (Å²) in [6.45, 7) is 6.57. The van der Waals surface area contributed by atoms with Crippen LogP contribution in [0.1, 0.15) is 44.2 Å². The molecular weight excluding hydrogens is 573 g/mol. The number of rotatable bonds is 7. The van der Waals surface area contributed by atoms with Gasteiger partial charge in [0.25, 0.3) is 0 Å². The van der Waals surface area contributed by atoms with E-state index in [0.717, 1.165) is 30.4 Å². The number of hydrogen-bond acceptors (Lipinski definition) is 4. The second-order valence-corrected chi connectivity index (χ2v) is 13.2. The second-order valence-electron chi connectivity index (χ2n) is 12.4. The molecule has 3 amide bonds. The maximum atomic E-state index is 14.3. The fourth-order valence-corrected chi connectivity index (χ4v) is 7.80. The average Bonchev–Trinajstić information content (AvgIpc) is 3.60. The van der Waals surface area contributed by atoms with Crippen LogP contribution in [0.5, 0.6) is 0 Å². The molecule has 2 aromatic carbocycles.